The summed E-state index contributed by atoms with van der Waals surface area (Å²) in [6.45, 7) is 1.81. The van der Waals surface area contributed by atoms with Crippen LogP contribution >= 0.6 is 11.6 Å². The summed E-state index contributed by atoms with van der Waals surface area (Å²) < 4.78 is 0. The average Bonchev–Trinajstić information content (AvgIpc) is 2.53. The molecule has 0 aliphatic heterocycles. The fourth-order valence-corrected chi connectivity index (χ4v) is 2.21. The maximum Gasteiger partial charge on any atom is 0.333 e. The molecule has 6 heteroatoms. The van der Waals surface area contributed by atoms with E-state index < -0.39 is 6.03 Å². The highest BCUT2D eigenvalue weighted by molar-refractivity contribution is 6.31. The number of hydrazine groups is 1. The van der Waals surface area contributed by atoms with Crippen molar-refractivity contribution in [2.45, 2.75) is 13.0 Å². The highest BCUT2D eigenvalue weighted by atomic mass is 35.5. The standard InChI is InChI=1S/C16H16ClN3O2/c1-11(13-9-5-6-10-14(13)17)18-16(22)20-19-15(21)12-7-3-2-4-8-12/h2-11H,1H3,(H,19,21)(H2,18,20,22). The Kier molecular flexibility index (Phi) is 5.38. The van der Waals surface area contributed by atoms with Gasteiger partial charge in [0.1, 0.15) is 0 Å². The minimum Gasteiger partial charge on any atom is -0.330 e. The van der Waals surface area contributed by atoms with Crippen LogP contribution in [-0.2, 0) is 0 Å². The number of carbonyl (C=O) groups is 2. The molecule has 2 aromatic carbocycles. The summed E-state index contributed by atoms with van der Waals surface area (Å²) in [6, 6.07) is 15.0. The molecule has 0 heterocycles. The predicted molar refractivity (Wildman–Crippen MR) is 85.4 cm³/mol. The van der Waals surface area contributed by atoms with Crippen LogP contribution in [0.15, 0.2) is 54.6 Å². The number of rotatable bonds is 3. The van der Waals surface area contributed by atoms with Crippen LogP contribution in [0.1, 0.15) is 28.9 Å². The van der Waals surface area contributed by atoms with Crippen LogP contribution in [-0.4, -0.2) is 11.9 Å². The van der Waals surface area contributed by atoms with Crippen LogP contribution in [0, 0.1) is 0 Å². The normalized spacial score (nSPS) is 11.4. The van der Waals surface area contributed by atoms with E-state index in [2.05, 4.69) is 16.2 Å². The second-order valence-electron chi connectivity index (χ2n) is 4.66. The van der Waals surface area contributed by atoms with Gasteiger partial charge in [-0.3, -0.25) is 10.2 Å². The van der Waals surface area contributed by atoms with Crippen LogP contribution in [0.5, 0.6) is 0 Å². The highest BCUT2D eigenvalue weighted by Crippen LogP contribution is 2.21. The van der Waals surface area contributed by atoms with Gasteiger partial charge < -0.3 is 5.32 Å². The van der Waals surface area contributed by atoms with Crippen molar-refractivity contribution in [2.75, 3.05) is 0 Å². The lowest BCUT2D eigenvalue weighted by molar-refractivity contribution is 0.0936. The summed E-state index contributed by atoms with van der Waals surface area (Å²) in [5.41, 5.74) is 5.90. The minimum atomic E-state index is -0.517. The molecule has 3 N–H and O–H groups in total. The van der Waals surface area contributed by atoms with E-state index in [4.69, 9.17) is 11.6 Å². The van der Waals surface area contributed by atoms with Gasteiger partial charge in [0, 0.05) is 10.6 Å². The van der Waals surface area contributed by atoms with Crippen LogP contribution < -0.4 is 16.2 Å². The molecule has 0 fully saturated rings. The van der Waals surface area contributed by atoms with Crippen molar-refractivity contribution in [3.8, 4) is 0 Å². The third-order valence-corrected chi connectivity index (χ3v) is 3.39. The maximum absolute atomic E-state index is 11.8. The van der Waals surface area contributed by atoms with Crippen molar-refractivity contribution in [3.05, 3.63) is 70.7 Å². The predicted octanol–water partition coefficient (Wildman–Crippen LogP) is 3.05. The molecule has 1 atom stereocenters. The molecule has 1 unspecified atom stereocenters. The zero-order valence-electron chi connectivity index (χ0n) is 12.0. The van der Waals surface area contributed by atoms with Crippen LogP contribution in [0.3, 0.4) is 0 Å². The number of nitrogens with one attached hydrogen (secondary N) is 3. The summed E-state index contributed by atoms with van der Waals surface area (Å²) in [4.78, 5) is 23.6. The zero-order chi connectivity index (χ0) is 15.9. The van der Waals surface area contributed by atoms with Crippen molar-refractivity contribution < 1.29 is 9.59 Å². The van der Waals surface area contributed by atoms with E-state index in [1.54, 1.807) is 37.3 Å². The first kappa shape index (κ1) is 15.9. The van der Waals surface area contributed by atoms with Crippen LogP contribution in [0.25, 0.3) is 0 Å². The van der Waals surface area contributed by atoms with Crippen LogP contribution in [0.2, 0.25) is 5.02 Å². The molecule has 2 rings (SSSR count). The van der Waals surface area contributed by atoms with E-state index in [-0.39, 0.29) is 11.9 Å². The fourth-order valence-electron chi connectivity index (χ4n) is 1.91. The first-order chi connectivity index (χ1) is 10.6. The van der Waals surface area contributed by atoms with Crippen molar-refractivity contribution in [1.29, 1.82) is 0 Å². The Morgan fingerprint density at radius 1 is 0.955 bits per heavy atom. The van der Waals surface area contributed by atoms with E-state index in [0.29, 0.717) is 10.6 Å². The number of halogens is 1. The Balaban J connectivity index is 1.86. The molecule has 0 aromatic heterocycles. The first-order valence-corrected chi connectivity index (χ1v) is 7.12. The Morgan fingerprint density at radius 2 is 1.59 bits per heavy atom. The van der Waals surface area contributed by atoms with Crippen molar-refractivity contribution in [3.63, 3.8) is 0 Å². The van der Waals surface area contributed by atoms with Gasteiger partial charge >= 0.3 is 6.03 Å². The Labute approximate surface area is 133 Å². The topological polar surface area (TPSA) is 70.2 Å². The lowest BCUT2D eigenvalue weighted by Crippen LogP contribution is -2.47. The number of hydrogen-bond donors (Lipinski definition) is 3. The molecule has 0 aliphatic carbocycles. The molecule has 0 spiro atoms. The van der Waals surface area contributed by atoms with Gasteiger partial charge in [0.15, 0.2) is 0 Å². The SMILES string of the molecule is CC(NC(=O)NNC(=O)c1ccccc1)c1ccccc1Cl. The molecular weight excluding hydrogens is 302 g/mol. The largest absolute Gasteiger partial charge is 0.333 e. The quantitative estimate of drug-likeness (QED) is 0.761. The Bertz CT molecular complexity index is 661. The van der Waals surface area contributed by atoms with Gasteiger partial charge in [-0.1, -0.05) is 48.0 Å². The lowest BCUT2D eigenvalue weighted by Gasteiger charge is -2.16. The zero-order valence-corrected chi connectivity index (χ0v) is 12.7. The fraction of sp³-hybridized carbons (Fsp3) is 0.125. The summed E-state index contributed by atoms with van der Waals surface area (Å²) in [5.74, 6) is -0.388. The van der Waals surface area contributed by atoms with E-state index in [0.717, 1.165) is 5.56 Å². The second-order valence-corrected chi connectivity index (χ2v) is 5.07. The van der Waals surface area contributed by atoms with E-state index in [1.165, 1.54) is 0 Å². The molecule has 5 nitrogen and oxygen atoms in total. The molecule has 114 valence electrons. The van der Waals surface area contributed by atoms with Crippen molar-refractivity contribution >= 4 is 23.5 Å². The Hall–Kier alpha value is -2.53. The number of carbonyl (C=O) groups excluding carboxylic acids is 2. The number of urea groups is 1. The summed E-state index contributed by atoms with van der Waals surface area (Å²) in [6.07, 6.45) is 0. The van der Waals surface area contributed by atoms with Gasteiger partial charge in [-0.05, 0) is 30.7 Å². The monoisotopic (exact) mass is 317 g/mol. The molecule has 0 saturated carbocycles. The van der Waals surface area contributed by atoms with Gasteiger partial charge in [-0.2, -0.15) is 0 Å². The van der Waals surface area contributed by atoms with Crippen molar-refractivity contribution in [1.82, 2.24) is 16.2 Å². The number of benzene rings is 2. The average molecular weight is 318 g/mol. The summed E-state index contributed by atoms with van der Waals surface area (Å²) in [7, 11) is 0. The molecule has 0 radical (unpaired) electrons. The second kappa shape index (κ2) is 7.47. The maximum atomic E-state index is 11.8. The molecule has 0 bridgehead atoms. The molecule has 0 aliphatic rings. The van der Waals surface area contributed by atoms with Gasteiger partial charge in [-0.15, -0.1) is 0 Å². The first-order valence-electron chi connectivity index (χ1n) is 6.74. The van der Waals surface area contributed by atoms with Gasteiger partial charge in [-0.25, -0.2) is 10.2 Å². The number of hydrogen-bond acceptors (Lipinski definition) is 2. The molecule has 3 amide bonds. The van der Waals surface area contributed by atoms with Gasteiger partial charge in [0.25, 0.3) is 5.91 Å². The molecular formula is C16H16ClN3O2. The van der Waals surface area contributed by atoms with Gasteiger partial charge in [0.2, 0.25) is 0 Å². The van der Waals surface area contributed by atoms with Gasteiger partial charge in [0.05, 0.1) is 6.04 Å². The lowest BCUT2D eigenvalue weighted by atomic mass is 10.1. The smallest absolute Gasteiger partial charge is 0.330 e. The Morgan fingerprint density at radius 3 is 2.27 bits per heavy atom. The molecule has 22 heavy (non-hydrogen) atoms. The third-order valence-electron chi connectivity index (χ3n) is 3.04. The third kappa shape index (κ3) is 4.23. The summed E-state index contributed by atoms with van der Waals surface area (Å²) in [5, 5.41) is 3.27. The van der Waals surface area contributed by atoms with Crippen LogP contribution in [0.4, 0.5) is 4.79 Å². The summed E-state index contributed by atoms with van der Waals surface area (Å²) >= 11 is 6.07. The molecule has 2 aromatic rings. The van der Waals surface area contributed by atoms with E-state index in [9.17, 15) is 9.59 Å². The minimum absolute atomic E-state index is 0.290. The highest BCUT2D eigenvalue weighted by Gasteiger charge is 2.12. The van der Waals surface area contributed by atoms with E-state index >= 15 is 0 Å². The molecule has 0 saturated heterocycles. The van der Waals surface area contributed by atoms with E-state index in [1.807, 2.05) is 24.3 Å². The number of amides is 3. The van der Waals surface area contributed by atoms with Crippen molar-refractivity contribution in [2.24, 2.45) is 0 Å².